The van der Waals surface area contributed by atoms with Crippen LogP contribution in [0.2, 0.25) is 0 Å². The third-order valence-electron chi connectivity index (χ3n) is 4.46. The van der Waals surface area contributed by atoms with Crippen LogP contribution in [-0.4, -0.2) is 39.8 Å². The van der Waals surface area contributed by atoms with Crippen molar-refractivity contribution in [2.75, 3.05) is 18.4 Å². The molecule has 1 fully saturated rings. The van der Waals surface area contributed by atoms with Gasteiger partial charge in [-0.3, -0.25) is 14.6 Å². The summed E-state index contributed by atoms with van der Waals surface area (Å²) in [5.74, 6) is 0.459. The summed E-state index contributed by atoms with van der Waals surface area (Å²) in [5.41, 5.74) is 2.53. The van der Waals surface area contributed by atoms with Crippen LogP contribution in [0.15, 0.2) is 36.7 Å². The largest absolute Gasteiger partial charge is 0.339 e. The first kappa shape index (κ1) is 17.1. The third-order valence-corrected chi connectivity index (χ3v) is 4.46. The van der Waals surface area contributed by atoms with Gasteiger partial charge in [-0.05, 0) is 50.5 Å². The number of hydrogen-bond donors (Lipinski definition) is 1. The maximum absolute atomic E-state index is 12.5. The minimum absolute atomic E-state index is 0.00422. The standard InChI is InChI=1S/C19H22N4O2/c1-13-3-4-17(21-12-13)22-18(24)15-6-9-23(10-7-15)19(25)16-5-8-20-14(2)11-16/h3-5,8,11-12,15H,6-7,9-10H2,1-2H3,(H,21,22,24). The van der Waals surface area contributed by atoms with Crippen molar-refractivity contribution in [1.82, 2.24) is 14.9 Å². The lowest BCUT2D eigenvalue weighted by molar-refractivity contribution is -0.121. The molecule has 1 saturated heterocycles. The van der Waals surface area contributed by atoms with Crippen LogP contribution in [0.25, 0.3) is 0 Å². The Labute approximate surface area is 147 Å². The summed E-state index contributed by atoms with van der Waals surface area (Å²) in [6, 6.07) is 7.25. The van der Waals surface area contributed by atoms with Crippen LogP contribution < -0.4 is 5.32 Å². The molecule has 0 spiro atoms. The summed E-state index contributed by atoms with van der Waals surface area (Å²) in [4.78, 5) is 35.0. The van der Waals surface area contributed by atoms with Crippen molar-refractivity contribution in [2.24, 2.45) is 5.92 Å². The number of carbonyl (C=O) groups excluding carboxylic acids is 2. The molecule has 3 heterocycles. The van der Waals surface area contributed by atoms with Gasteiger partial charge in [0.05, 0.1) is 0 Å². The lowest BCUT2D eigenvalue weighted by Gasteiger charge is -2.31. The number of nitrogens with one attached hydrogen (secondary N) is 1. The number of hydrogen-bond acceptors (Lipinski definition) is 4. The van der Waals surface area contributed by atoms with Crippen molar-refractivity contribution in [1.29, 1.82) is 0 Å². The van der Waals surface area contributed by atoms with Gasteiger partial charge in [0.1, 0.15) is 5.82 Å². The van der Waals surface area contributed by atoms with Crippen LogP contribution in [-0.2, 0) is 4.79 Å². The van der Waals surface area contributed by atoms with Gasteiger partial charge < -0.3 is 10.2 Å². The van der Waals surface area contributed by atoms with Crippen molar-refractivity contribution < 1.29 is 9.59 Å². The lowest BCUT2D eigenvalue weighted by Crippen LogP contribution is -2.41. The van der Waals surface area contributed by atoms with Gasteiger partial charge in [-0.1, -0.05) is 6.07 Å². The van der Waals surface area contributed by atoms with Crippen LogP contribution in [0.1, 0.15) is 34.5 Å². The molecule has 0 atom stereocenters. The van der Waals surface area contributed by atoms with Gasteiger partial charge in [0.15, 0.2) is 0 Å². The van der Waals surface area contributed by atoms with Gasteiger partial charge in [0.2, 0.25) is 5.91 Å². The Balaban J connectivity index is 1.55. The molecule has 130 valence electrons. The molecule has 25 heavy (non-hydrogen) atoms. The molecule has 0 aromatic carbocycles. The predicted octanol–water partition coefficient (Wildman–Crippen LogP) is 2.58. The smallest absolute Gasteiger partial charge is 0.253 e. The number of aromatic nitrogens is 2. The number of likely N-dealkylation sites (tertiary alicyclic amines) is 1. The van der Waals surface area contributed by atoms with Gasteiger partial charge in [-0.25, -0.2) is 4.98 Å². The number of amides is 2. The van der Waals surface area contributed by atoms with Crippen LogP contribution in [0.5, 0.6) is 0 Å². The Hall–Kier alpha value is -2.76. The Morgan fingerprint density at radius 3 is 2.52 bits per heavy atom. The first-order valence-corrected chi connectivity index (χ1v) is 8.48. The van der Waals surface area contributed by atoms with E-state index in [-0.39, 0.29) is 17.7 Å². The van der Waals surface area contributed by atoms with E-state index in [9.17, 15) is 9.59 Å². The molecule has 2 amide bonds. The zero-order chi connectivity index (χ0) is 17.8. The number of rotatable bonds is 3. The van der Waals surface area contributed by atoms with Crippen molar-refractivity contribution in [2.45, 2.75) is 26.7 Å². The Morgan fingerprint density at radius 2 is 1.88 bits per heavy atom. The van der Waals surface area contributed by atoms with Gasteiger partial charge in [0.25, 0.3) is 5.91 Å². The van der Waals surface area contributed by atoms with Crippen LogP contribution >= 0.6 is 0 Å². The first-order valence-electron chi connectivity index (χ1n) is 8.48. The SMILES string of the molecule is Cc1ccc(NC(=O)C2CCN(C(=O)c3ccnc(C)c3)CC2)nc1. The van der Waals surface area contributed by atoms with E-state index >= 15 is 0 Å². The molecule has 1 N–H and O–H groups in total. The Bertz CT molecular complexity index is 765. The van der Waals surface area contributed by atoms with E-state index < -0.39 is 0 Å². The van der Waals surface area contributed by atoms with E-state index in [0.717, 1.165) is 11.3 Å². The molecule has 6 nitrogen and oxygen atoms in total. The second-order valence-corrected chi connectivity index (χ2v) is 6.46. The fourth-order valence-electron chi connectivity index (χ4n) is 2.98. The molecule has 0 saturated carbocycles. The molecular formula is C19H22N4O2. The summed E-state index contributed by atoms with van der Waals surface area (Å²) >= 11 is 0. The van der Waals surface area contributed by atoms with Crippen molar-refractivity contribution in [3.63, 3.8) is 0 Å². The van der Waals surface area contributed by atoms with E-state index in [4.69, 9.17) is 0 Å². The topological polar surface area (TPSA) is 75.2 Å². The lowest BCUT2D eigenvalue weighted by atomic mass is 9.95. The highest BCUT2D eigenvalue weighted by Crippen LogP contribution is 2.21. The molecule has 2 aromatic heterocycles. The van der Waals surface area contributed by atoms with Crippen molar-refractivity contribution in [3.05, 3.63) is 53.5 Å². The van der Waals surface area contributed by atoms with E-state index in [2.05, 4.69) is 15.3 Å². The highest BCUT2D eigenvalue weighted by Gasteiger charge is 2.28. The number of aryl methyl sites for hydroxylation is 2. The molecule has 2 aromatic rings. The number of carbonyl (C=O) groups is 2. The summed E-state index contributed by atoms with van der Waals surface area (Å²) in [7, 11) is 0. The van der Waals surface area contributed by atoms with Crippen LogP contribution in [0, 0.1) is 19.8 Å². The normalized spacial score (nSPS) is 15.0. The molecule has 1 aliphatic heterocycles. The summed E-state index contributed by atoms with van der Waals surface area (Å²) < 4.78 is 0. The summed E-state index contributed by atoms with van der Waals surface area (Å²) in [6.07, 6.45) is 4.70. The zero-order valence-electron chi connectivity index (χ0n) is 14.5. The maximum Gasteiger partial charge on any atom is 0.253 e. The molecule has 0 bridgehead atoms. The number of anilines is 1. The minimum atomic E-state index is -0.0914. The average Bonchev–Trinajstić information content (AvgIpc) is 2.63. The molecular weight excluding hydrogens is 316 g/mol. The van der Waals surface area contributed by atoms with E-state index in [1.165, 1.54) is 0 Å². The first-order chi connectivity index (χ1) is 12.0. The molecule has 6 heteroatoms. The van der Waals surface area contributed by atoms with Crippen LogP contribution in [0.4, 0.5) is 5.82 Å². The summed E-state index contributed by atoms with van der Waals surface area (Å²) in [6.45, 7) is 4.99. The Morgan fingerprint density at radius 1 is 1.12 bits per heavy atom. The highest BCUT2D eigenvalue weighted by molar-refractivity contribution is 5.95. The average molecular weight is 338 g/mol. The maximum atomic E-state index is 12.5. The molecule has 3 rings (SSSR count). The highest BCUT2D eigenvalue weighted by atomic mass is 16.2. The van der Waals surface area contributed by atoms with Gasteiger partial charge in [-0.15, -0.1) is 0 Å². The molecule has 0 aliphatic carbocycles. The minimum Gasteiger partial charge on any atom is -0.339 e. The Kier molecular flexibility index (Phi) is 5.07. The van der Waals surface area contributed by atoms with Crippen molar-refractivity contribution in [3.8, 4) is 0 Å². The van der Waals surface area contributed by atoms with E-state index in [1.807, 2.05) is 24.8 Å². The molecule has 1 aliphatic rings. The zero-order valence-corrected chi connectivity index (χ0v) is 14.5. The monoisotopic (exact) mass is 338 g/mol. The van der Waals surface area contributed by atoms with Gasteiger partial charge in [0, 0.05) is 42.7 Å². The third kappa shape index (κ3) is 4.21. The van der Waals surface area contributed by atoms with E-state index in [0.29, 0.717) is 37.3 Å². The summed E-state index contributed by atoms with van der Waals surface area (Å²) in [5, 5.41) is 2.86. The second-order valence-electron chi connectivity index (χ2n) is 6.46. The van der Waals surface area contributed by atoms with E-state index in [1.54, 1.807) is 30.6 Å². The van der Waals surface area contributed by atoms with Crippen molar-refractivity contribution >= 4 is 17.6 Å². The number of nitrogens with zero attached hydrogens (tertiary/aromatic N) is 3. The number of pyridine rings is 2. The quantitative estimate of drug-likeness (QED) is 0.933. The van der Waals surface area contributed by atoms with Gasteiger partial charge in [-0.2, -0.15) is 0 Å². The number of piperidine rings is 1. The fourth-order valence-corrected chi connectivity index (χ4v) is 2.98. The molecule has 0 unspecified atom stereocenters. The fraction of sp³-hybridized carbons (Fsp3) is 0.368. The predicted molar refractivity (Wildman–Crippen MR) is 95.2 cm³/mol. The molecule has 0 radical (unpaired) electrons. The second kappa shape index (κ2) is 7.42. The van der Waals surface area contributed by atoms with Gasteiger partial charge >= 0.3 is 0 Å². The van der Waals surface area contributed by atoms with Crippen LogP contribution in [0.3, 0.4) is 0 Å².